The third-order valence-corrected chi connectivity index (χ3v) is 2.79. The Hall–Kier alpha value is -2.16. The van der Waals surface area contributed by atoms with Crippen molar-refractivity contribution < 1.29 is 9.90 Å². The lowest BCUT2D eigenvalue weighted by Gasteiger charge is -2.09. The Labute approximate surface area is 99.8 Å². The van der Waals surface area contributed by atoms with Crippen molar-refractivity contribution in [1.82, 2.24) is 4.98 Å². The quantitative estimate of drug-likeness (QED) is 0.857. The second-order valence-corrected chi connectivity index (χ2v) is 4.02. The lowest BCUT2D eigenvalue weighted by atomic mass is 9.95. The summed E-state index contributed by atoms with van der Waals surface area (Å²) in [7, 11) is 0. The molecule has 2 rings (SSSR count). The molecular formula is C14H13NO2. The van der Waals surface area contributed by atoms with Crippen LogP contribution in [-0.4, -0.2) is 16.1 Å². The van der Waals surface area contributed by atoms with Crippen LogP contribution in [0.3, 0.4) is 0 Å². The van der Waals surface area contributed by atoms with Crippen LogP contribution in [-0.2, 0) is 0 Å². The van der Waals surface area contributed by atoms with Crippen LogP contribution in [0.5, 0.6) is 0 Å². The van der Waals surface area contributed by atoms with Crippen LogP contribution in [0, 0.1) is 13.8 Å². The van der Waals surface area contributed by atoms with Gasteiger partial charge in [0.2, 0.25) is 0 Å². The van der Waals surface area contributed by atoms with Crippen molar-refractivity contribution in [2.45, 2.75) is 13.8 Å². The zero-order valence-electron chi connectivity index (χ0n) is 9.77. The van der Waals surface area contributed by atoms with Crippen molar-refractivity contribution >= 4 is 5.97 Å². The summed E-state index contributed by atoms with van der Waals surface area (Å²) in [5.41, 5.74) is 4.13. The van der Waals surface area contributed by atoms with Crippen molar-refractivity contribution in [3.63, 3.8) is 0 Å². The van der Waals surface area contributed by atoms with Crippen molar-refractivity contribution in [1.29, 1.82) is 0 Å². The fourth-order valence-electron chi connectivity index (χ4n) is 1.93. The Bertz CT molecular complexity index is 562. The minimum Gasteiger partial charge on any atom is -0.478 e. The zero-order chi connectivity index (χ0) is 12.4. The Morgan fingerprint density at radius 2 is 1.76 bits per heavy atom. The first-order valence-electron chi connectivity index (χ1n) is 5.34. The van der Waals surface area contributed by atoms with Crippen LogP contribution in [0.15, 0.2) is 36.7 Å². The highest BCUT2D eigenvalue weighted by Gasteiger charge is 2.11. The highest BCUT2D eigenvalue weighted by Crippen LogP contribution is 2.26. The first-order chi connectivity index (χ1) is 8.09. The molecule has 3 nitrogen and oxygen atoms in total. The maximum atomic E-state index is 11.1. The van der Waals surface area contributed by atoms with E-state index in [9.17, 15) is 4.79 Å². The molecule has 0 unspecified atom stereocenters. The van der Waals surface area contributed by atoms with Gasteiger partial charge in [-0.2, -0.15) is 0 Å². The monoisotopic (exact) mass is 227 g/mol. The SMILES string of the molecule is Cc1cc(C)c(-c2ccncc2)cc1C(=O)O. The van der Waals surface area contributed by atoms with Gasteiger partial charge in [0.1, 0.15) is 0 Å². The van der Waals surface area contributed by atoms with Crippen LogP contribution < -0.4 is 0 Å². The number of pyridine rings is 1. The molecule has 86 valence electrons. The van der Waals surface area contributed by atoms with Gasteiger partial charge in [0.25, 0.3) is 0 Å². The van der Waals surface area contributed by atoms with Gasteiger partial charge in [-0.3, -0.25) is 4.98 Å². The molecule has 0 radical (unpaired) electrons. The number of aryl methyl sites for hydroxylation is 2. The Kier molecular flexibility index (Phi) is 2.91. The molecule has 0 saturated carbocycles. The summed E-state index contributed by atoms with van der Waals surface area (Å²) in [5, 5.41) is 9.12. The lowest BCUT2D eigenvalue weighted by molar-refractivity contribution is 0.0696. The molecule has 0 aliphatic carbocycles. The van der Waals surface area contributed by atoms with Gasteiger partial charge >= 0.3 is 5.97 Å². The molecule has 0 aliphatic rings. The standard InChI is InChI=1S/C14H13NO2/c1-9-7-10(2)13(14(16)17)8-12(9)11-3-5-15-6-4-11/h3-8H,1-2H3,(H,16,17). The summed E-state index contributed by atoms with van der Waals surface area (Å²) in [5.74, 6) is -0.891. The molecule has 2 aromatic rings. The molecular weight excluding hydrogens is 214 g/mol. The van der Waals surface area contributed by atoms with Gasteiger partial charge in [-0.15, -0.1) is 0 Å². The number of carboxylic acids is 1. The number of hydrogen-bond donors (Lipinski definition) is 1. The van der Waals surface area contributed by atoms with Crippen LogP contribution in [0.4, 0.5) is 0 Å². The number of nitrogens with zero attached hydrogens (tertiary/aromatic N) is 1. The average molecular weight is 227 g/mol. The van der Waals surface area contributed by atoms with Gasteiger partial charge in [0.15, 0.2) is 0 Å². The Morgan fingerprint density at radius 1 is 1.12 bits per heavy atom. The van der Waals surface area contributed by atoms with E-state index in [4.69, 9.17) is 5.11 Å². The van der Waals surface area contributed by atoms with E-state index in [-0.39, 0.29) is 0 Å². The van der Waals surface area contributed by atoms with E-state index >= 15 is 0 Å². The third kappa shape index (κ3) is 2.18. The molecule has 1 heterocycles. The van der Waals surface area contributed by atoms with E-state index in [0.29, 0.717) is 5.56 Å². The first kappa shape index (κ1) is 11.3. The molecule has 0 atom stereocenters. The minimum absolute atomic E-state index is 0.349. The molecule has 0 amide bonds. The van der Waals surface area contributed by atoms with Crippen molar-refractivity contribution in [2.75, 3.05) is 0 Å². The molecule has 0 saturated heterocycles. The number of rotatable bonds is 2. The number of carbonyl (C=O) groups is 1. The average Bonchev–Trinajstić information content (AvgIpc) is 2.29. The molecule has 0 aliphatic heterocycles. The smallest absolute Gasteiger partial charge is 0.335 e. The Morgan fingerprint density at radius 3 is 2.35 bits per heavy atom. The predicted molar refractivity (Wildman–Crippen MR) is 66.1 cm³/mol. The maximum absolute atomic E-state index is 11.1. The van der Waals surface area contributed by atoms with Crippen molar-refractivity contribution in [3.8, 4) is 11.1 Å². The number of carboxylic acid groups (broad SMARTS) is 1. The number of benzene rings is 1. The molecule has 0 spiro atoms. The second-order valence-electron chi connectivity index (χ2n) is 4.02. The molecule has 1 N–H and O–H groups in total. The highest BCUT2D eigenvalue weighted by atomic mass is 16.4. The topological polar surface area (TPSA) is 50.2 Å². The van der Waals surface area contributed by atoms with Crippen LogP contribution >= 0.6 is 0 Å². The van der Waals surface area contributed by atoms with Crippen molar-refractivity contribution in [3.05, 3.63) is 53.3 Å². The molecule has 1 aromatic carbocycles. The number of hydrogen-bond acceptors (Lipinski definition) is 2. The van der Waals surface area contributed by atoms with Crippen LogP contribution in [0.25, 0.3) is 11.1 Å². The van der Waals surface area contributed by atoms with E-state index in [1.807, 2.05) is 32.0 Å². The molecule has 3 heteroatoms. The summed E-state index contributed by atoms with van der Waals surface area (Å²) in [6.45, 7) is 3.79. The number of aromatic nitrogens is 1. The van der Waals surface area contributed by atoms with E-state index in [1.54, 1.807) is 18.5 Å². The predicted octanol–water partition coefficient (Wildman–Crippen LogP) is 3.06. The van der Waals surface area contributed by atoms with E-state index in [0.717, 1.165) is 22.3 Å². The van der Waals surface area contributed by atoms with Crippen LogP contribution in [0.2, 0.25) is 0 Å². The minimum atomic E-state index is -0.891. The summed E-state index contributed by atoms with van der Waals surface area (Å²) < 4.78 is 0. The summed E-state index contributed by atoms with van der Waals surface area (Å²) in [6, 6.07) is 7.38. The van der Waals surface area contributed by atoms with Crippen molar-refractivity contribution in [2.24, 2.45) is 0 Å². The molecule has 0 bridgehead atoms. The van der Waals surface area contributed by atoms with Gasteiger partial charge in [-0.05, 0) is 54.3 Å². The van der Waals surface area contributed by atoms with Gasteiger partial charge in [0, 0.05) is 12.4 Å². The first-order valence-corrected chi connectivity index (χ1v) is 5.34. The normalized spacial score (nSPS) is 10.2. The van der Waals surface area contributed by atoms with Gasteiger partial charge in [-0.1, -0.05) is 6.07 Å². The maximum Gasteiger partial charge on any atom is 0.335 e. The Balaban J connectivity index is 2.63. The molecule has 1 aromatic heterocycles. The highest BCUT2D eigenvalue weighted by molar-refractivity contribution is 5.91. The van der Waals surface area contributed by atoms with Crippen LogP contribution in [0.1, 0.15) is 21.5 Å². The summed E-state index contributed by atoms with van der Waals surface area (Å²) in [4.78, 5) is 15.1. The fourth-order valence-corrected chi connectivity index (χ4v) is 1.93. The van der Waals surface area contributed by atoms with E-state index in [1.165, 1.54) is 0 Å². The van der Waals surface area contributed by atoms with Gasteiger partial charge in [0.05, 0.1) is 5.56 Å². The van der Waals surface area contributed by atoms with E-state index in [2.05, 4.69) is 4.98 Å². The molecule has 17 heavy (non-hydrogen) atoms. The van der Waals surface area contributed by atoms with E-state index < -0.39 is 5.97 Å². The summed E-state index contributed by atoms with van der Waals surface area (Å²) in [6.07, 6.45) is 3.41. The fraction of sp³-hybridized carbons (Fsp3) is 0.143. The van der Waals surface area contributed by atoms with Gasteiger partial charge < -0.3 is 5.11 Å². The van der Waals surface area contributed by atoms with Gasteiger partial charge in [-0.25, -0.2) is 4.79 Å². The number of aromatic carboxylic acids is 1. The second kappa shape index (κ2) is 4.37. The largest absolute Gasteiger partial charge is 0.478 e. The molecule has 0 fully saturated rings. The third-order valence-electron chi connectivity index (χ3n) is 2.79. The zero-order valence-corrected chi connectivity index (χ0v) is 9.77. The summed E-state index contributed by atoms with van der Waals surface area (Å²) >= 11 is 0. The lowest BCUT2D eigenvalue weighted by Crippen LogP contribution is -2.01.